The number of amides is 1. The lowest BCUT2D eigenvalue weighted by atomic mass is 10.2. The van der Waals surface area contributed by atoms with Crippen LogP contribution in [-0.2, 0) is 6.18 Å². The number of rotatable bonds is 1. The summed E-state index contributed by atoms with van der Waals surface area (Å²) in [7, 11) is 0. The molecule has 1 heterocycles. The van der Waals surface area contributed by atoms with E-state index in [2.05, 4.69) is 0 Å². The van der Waals surface area contributed by atoms with E-state index in [0.717, 1.165) is 12.1 Å². The number of primary amides is 1. The largest absolute Gasteiger partial charge is 0.416 e. The Morgan fingerprint density at radius 1 is 1.06 bits per heavy atom. The molecule has 1 aromatic carbocycles. The van der Waals surface area contributed by atoms with Gasteiger partial charge in [-0.2, -0.15) is 13.2 Å². The Balaban J connectivity index is 0.000000184. The van der Waals surface area contributed by atoms with Crippen LogP contribution in [0.5, 0.6) is 0 Å². The Hall–Kier alpha value is -1.82. The molecule has 1 amide bonds. The van der Waals surface area contributed by atoms with E-state index in [9.17, 15) is 18.0 Å². The molecule has 0 bridgehead atoms. The predicted octanol–water partition coefficient (Wildman–Crippen LogP) is 3.55. The third-order valence-corrected chi connectivity index (χ3v) is 2.75. The lowest BCUT2D eigenvalue weighted by Crippen LogP contribution is -2.07. The summed E-state index contributed by atoms with van der Waals surface area (Å²) in [5.41, 5.74) is 4.33. The van der Waals surface area contributed by atoms with Crippen LogP contribution in [0, 0.1) is 0 Å². The summed E-state index contributed by atoms with van der Waals surface area (Å²) in [5.74, 6) is -0.347. The molecule has 0 aliphatic rings. The molecule has 2 rings (SSSR count). The van der Waals surface area contributed by atoms with E-state index in [1.165, 1.54) is 23.5 Å². The van der Waals surface area contributed by atoms with Crippen molar-refractivity contribution in [2.45, 2.75) is 6.18 Å². The fourth-order valence-electron chi connectivity index (χ4n) is 1.05. The van der Waals surface area contributed by atoms with Crippen molar-refractivity contribution >= 4 is 17.2 Å². The van der Waals surface area contributed by atoms with E-state index in [-0.39, 0.29) is 5.91 Å². The Bertz CT molecular complexity index is 480. The van der Waals surface area contributed by atoms with E-state index in [1.807, 2.05) is 5.38 Å². The van der Waals surface area contributed by atoms with E-state index < -0.39 is 11.7 Å². The topological polar surface area (TPSA) is 43.1 Å². The highest BCUT2D eigenvalue weighted by Gasteiger charge is 2.29. The van der Waals surface area contributed by atoms with Crippen molar-refractivity contribution < 1.29 is 18.0 Å². The zero-order valence-corrected chi connectivity index (χ0v) is 9.96. The Morgan fingerprint density at radius 3 is 1.94 bits per heavy atom. The first-order valence-corrected chi connectivity index (χ1v) is 5.75. The van der Waals surface area contributed by atoms with E-state index >= 15 is 0 Å². The van der Waals surface area contributed by atoms with Crippen molar-refractivity contribution in [1.82, 2.24) is 0 Å². The average Bonchev–Trinajstić information content (AvgIpc) is 2.83. The number of hydrogen-bond acceptors (Lipinski definition) is 2. The molecule has 2 nitrogen and oxygen atoms in total. The molecule has 0 atom stereocenters. The number of alkyl halides is 3. The monoisotopic (exact) mass is 273 g/mol. The van der Waals surface area contributed by atoms with Gasteiger partial charge < -0.3 is 5.73 Å². The molecular weight excluding hydrogens is 263 g/mol. The molecule has 0 aliphatic heterocycles. The van der Waals surface area contributed by atoms with Crippen LogP contribution in [0.1, 0.15) is 15.2 Å². The van der Waals surface area contributed by atoms with Gasteiger partial charge in [0.15, 0.2) is 0 Å². The molecule has 18 heavy (non-hydrogen) atoms. The van der Waals surface area contributed by atoms with Crippen LogP contribution in [-0.4, -0.2) is 5.91 Å². The van der Waals surface area contributed by atoms with Crippen LogP contribution < -0.4 is 5.73 Å². The molecule has 96 valence electrons. The maximum Gasteiger partial charge on any atom is 0.416 e. The first kappa shape index (κ1) is 14.2. The molecule has 0 saturated heterocycles. The van der Waals surface area contributed by atoms with Gasteiger partial charge in [0.1, 0.15) is 0 Å². The maximum absolute atomic E-state index is 11.8. The minimum absolute atomic E-state index is 0.347. The summed E-state index contributed by atoms with van der Waals surface area (Å²) >= 11 is 1.36. The second-order valence-electron chi connectivity index (χ2n) is 3.21. The van der Waals surface area contributed by atoms with Crippen LogP contribution >= 0.6 is 11.3 Å². The van der Waals surface area contributed by atoms with E-state index in [1.54, 1.807) is 18.2 Å². The predicted molar refractivity (Wildman–Crippen MR) is 64.3 cm³/mol. The lowest BCUT2D eigenvalue weighted by molar-refractivity contribution is -0.137. The summed E-state index contributed by atoms with van der Waals surface area (Å²) in [6.45, 7) is 0. The van der Waals surface area contributed by atoms with Crippen molar-refractivity contribution in [2.75, 3.05) is 0 Å². The van der Waals surface area contributed by atoms with Gasteiger partial charge >= 0.3 is 6.18 Å². The summed E-state index contributed by atoms with van der Waals surface area (Å²) in [4.78, 5) is 10.9. The molecular formula is C12H10F3NOS. The lowest BCUT2D eigenvalue weighted by Gasteiger charge is -2.03. The van der Waals surface area contributed by atoms with Gasteiger partial charge in [-0.25, -0.2) is 0 Å². The molecule has 6 heteroatoms. The minimum atomic E-state index is -4.21. The van der Waals surface area contributed by atoms with Gasteiger partial charge in [0, 0.05) is 0 Å². The number of thiophene rings is 1. The van der Waals surface area contributed by atoms with E-state index in [0.29, 0.717) is 4.88 Å². The highest BCUT2D eigenvalue weighted by Crippen LogP contribution is 2.28. The van der Waals surface area contributed by atoms with Crippen molar-refractivity contribution in [3.63, 3.8) is 0 Å². The number of carbonyl (C=O) groups is 1. The molecule has 1 aromatic heterocycles. The summed E-state index contributed by atoms with van der Waals surface area (Å²) in [6, 6.07) is 9.86. The van der Waals surface area contributed by atoms with Crippen molar-refractivity contribution in [2.24, 2.45) is 5.73 Å². The van der Waals surface area contributed by atoms with E-state index in [4.69, 9.17) is 5.73 Å². The maximum atomic E-state index is 11.8. The SMILES string of the molecule is FC(F)(F)c1ccccc1.NC(=O)c1cccs1. The highest BCUT2D eigenvalue weighted by atomic mass is 32.1. The van der Waals surface area contributed by atoms with Gasteiger partial charge in [-0.05, 0) is 11.4 Å². The average molecular weight is 273 g/mol. The van der Waals surface area contributed by atoms with Gasteiger partial charge in [-0.15, -0.1) is 11.3 Å². The first-order valence-electron chi connectivity index (χ1n) is 4.87. The molecule has 0 unspecified atom stereocenters. The van der Waals surface area contributed by atoms with Gasteiger partial charge in [-0.3, -0.25) is 4.79 Å². The minimum Gasteiger partial charge on any atom is -0.365 e. The quantitative estimate of drug-likeness (QED) is 0.848. The second kappa shape index (κ2) is 6.20. The summed E-state index contributed by atoms with van der Waals surface area (Å²) in [6.07, 6.45) is -4.21. The zero-order chi connectivity index (χ0) is 13.6. The Labute approximate surface area is 106 Å². The second-order valence-corrected chi connectivity index (χ2v) is 4.15. The zero-order valence-electron chi connectivity index (χ0n) is 9.15. The van der Waals surface area contributed by atoms with Crippen molar-refractivity contribution in [1.29, 1.82) is 0 Å². The molecule has 2 N–H and O–H groups in total. The van der Waals surface area contributed by atoms with Crippen LogP contribution in [0.4, 0.5) is 13.2 Å². The fraction of sp³-hybridized carbons (Fsp3) is 0.0833. The molecule has 2 aromatic rings. The van der Waals surface area contributed by atoms with Gasteiger partial charge in [0.2, 0.25) is 0 Å². The number of halogens is 3. The van der Waals surface area contributed by atoms with Crippen molar-refractivity contribution in [3.8, 4) is 0 Å². The molecule has 0 aliphatic carbocycles. The third kappa shape index (κ3) is 4.58. The van der Waals surface area contributed by atoms with Crippen LogP contribution in [0.3, 0.4) is 0 Å². The smallest absolute Gasteiger partial charge is 0.365 e. The van der Waals surface area contributed by atoms with Gasteiger partial charge in [0.25, 0.3) is 5.91 Å². The normalized spacial score (nSPS) is 10.4. The first-order chi connectivity index (χ1) is 8.41. The standard InChI is InChI=1S/C7H5F3.C5H5NOS/c8-7(9,10)6-4-2-1-3-5-6;6-5(7)4-2-1-3-8-4/h1-5H;1-3H,(H2,6,7). The number of nitrogens with two attached hydrogens (primary N) is 1. The molecule has 0 radical (unpaired) electrons. The van der Waals surface area contributed by atoms with Crippen molar-refractivity contribution in [3.05, 3.63) is 58.3 Å². The summed E-state index contributed by atoms with van der Waals surface area (Å²) in [5, 5.41) is 1.82. The Morgan fingerprint density at radius 2 is 1.67 bits per heavy atom. The molecule has 0 fully saturated rings. The number of carbonyl (C=O) groups excluding carboxylic acids is 1. The number of benzene rings is 1. The fourth-order valence-corrected chi connectivity index (χ4v) is 1.62. The molecule has 0 saturated carbocycles. The van der Waals surface area contributed by atoms with Gasteiger partial charge in [0.05, 0.1) is 10.4 Å². The summed E-state index contributed by atoms with van der Waals surface area (Å²) < 4.78 is 35.4. The highest BCUT2D eigenvalue weighted by molar-refractivity contribution is 7.12. The number of hydrogen-bond donors (Lipinski definition) is 1. The Kier molecular flexibility index (Phi) is 4.91. The van der Waals surface area contributed by atoms with Crippen LogP contribution in [0.2, 0.25) is 0 Å². The van der Waals surface area contributed by atoms with Crippen LogP contribution in [0.25, 0.3) is 0 Å². The molecule has 0 spiro atoms. The van der Waals surface area contributed by atoms with Gasteiger partial charge in [-0.1, -0.05) is 36.4 Å². The third-order valence-electron chi connectivity index (χ3n) is 1.87. The van der Waals surface area contributed by atoms with Crippen LogP contribution in [0.15, 0.2) is 47.8 Å².